The second-order valence-corrected chi connectivity index (χ2v) is 4.06. The van der Waals surface area contributed by atoms with E-state index in [-0.39, 0.29) is 5.38 Å². The van der Waals surface area contributed by atoms with Gasteiger partial charge in [-0.25, -0.2) is 0 Å². The van der Waals surface area contributed by atoms with Gasteiger partial charge in [0.25, 0.3) is 0 Å². The van der Waals surface area contributed by atoms with Crippen molar-refractivity contribution in [2.24, 2.45) is 0 Å². The van der Waals surface area contributed by atoms with Crippen molar-refractivity contribution in [2.45, 2.75) is 24.1 Å². The predicted molar refractivity (Wildman–Crippen MR) is 47.6 cm³/mol. The van der Waals surface area contributed by atoms with Crippen LogP contribution in [-0.2, 0) is 0 Å². The van der Waals surface area contributed by atoms with E-state index in [1.54, 1.807) is 4.99 Å². The maximum Gasteiger partial charge on any atom is 0.0766 e. The minimum absolute atomic E-state index is 0.0621. The first-order valence-electron chi connectivity index (χ1n) is 2.61. The Morgan fingerprint density at radius 1 is 1.67 bits per heavy atom. The van der Waals surface area contributed by atoms with E-state index in [1.807, 2.05) is 19.9 Å². The molecule has 0 saturated heterocycles. The van der Waals surface area contributed by atoms with Crippen LogP contribution in [0.1, 0.15) is 13.8 Å². The van der Waals surface area contributed by atoms with Gasteiger partial charge in [0.05, 0.1) is 10.3 Å². The van der Waals surface area contributed by atoms with Crippen LogP contribution in [0.3, 0.4) is 0 Å². The summed E-state index contributed by atoms with van der Waals surface area (Å²) in [5, 5.41) is -0.0621. The molecule has 0 rings (SSSR count). The third-order valence-corrected chi connectivity index (χ3v) is 2.45. The van der Waals surface area contributed by atoms with Crippen LogP contribution in [0.5, 0.6) is 0 Å². The Balaban J connectivity index is 4.01. The normalized spacial score (nSPS) is 21.9. The molecule has 0 fully saturated rings. The highest BCUT2D eigenvalue weighted by atomic mass is 79.9. The van der Waals surface area contributed by atoms with Crippen LogP contribution >= 0.6 is 39.1 Å². The van der Waals surface area contributed by atoms with Gasteiger partial charge in [-0.15, -0.1) is 23.2 Å². The highest BCUT2D eigenvalue weighted by Crippen LogP contribution is 2.25. The zero-order chi connectivity index (χ0) is 7.49. The molecule has 3 heteroatoms. The Kier molecular flexibility index (Phi) is 4.19. The quantitative estimate of drug-likeness (QED) is 0.639. The standard InChI is InChI=1S/C6H9BrCl2/c1-5(8)6(2,9)3-4-7/h3-5H,1-2H3/b4-3+. The van der Waals surface area contributed by atoms with Crippen molar-refractivity contribution in [2.75, 3.05) is 0 Å². The first-order valence-corrected chi connectivity index (χ1v) is 4.34. The SMILES string of the molecule is CC(Cl)C(C)(Cl)/C=C/Br. The van der Waals surface area contributed by atoms with Crippen molar-refractivity contribution in [1.82, 2.24) is 0 Å². The van der Waals surface area contributed by atoms with Gasteiger partial charge < -0.3 is 0 Å². The molecule has 0 aliphatic heterocycles. The first kappa shape index (κ1) is 9.80. The maximum absolute atomic E-state index is 5.92. The average Bonchev–Trinajstić information content (AvgIpc) is 1.65. The zero-order valence-corrected chi connectivity index (χ0v) is 8.46. The summed E-state index contributed by atoms with van der Waals surface area (Å²) in [6, 6.07) is 0. The Bertz CT molecular complexity index is 108. The van der Waals surface area contributed by atoms with E-state index >= 15 is 0 Å². The topological polar surface area (TPSA) is 0 Å². The third-order valence-electron chi connectivity index (χ3n) is 1.17. The molecule has 0 radical (unpaired) electrons. The molecule has 0 aromatic heterocycles. The van der Waals surface area contributed by atoms with E-state index in [9.17, 15) is 0 Å². The zero-order valence-electron chi connectivity index (χ0n) is 5.37. The molecule has 0 heterocycles. The van der Waals surface area contributed by atoms with Gasteiger partial charge in [-0.3, -0.25) is 0 Å². The van der Waals surface area contributed by atoms with Crippen molar-refractivity contribution in [3.05, 3.63) is 11.1 Å². The summed E-state index contributed by atoms with van der Waals surface area (Å²) in [5.74, 6) is 0. The van der Waals surface area contributed by atoms with E-state index in [1.165, 1.54) is 0 Å². The molecule has 0 aromatic carbocycles. The van der Waals surface area contributed by atoms with Gasteiger partial charge >= 0.3 is 0 Å². The van der Waals surface area contributed by atoms with Gasteiger partial charge in [0, 0.05) is 0 Å². The Labute approximate surface area is 74.3 Å². The van der Waals surface area contributed by atoms with Crippen LogP contribution in [0.25, 0.3) is 0 Å². The number of hydrogen-bond acceptors (Lipinski definition) is 0. The number of halogens is 3. The van der Waals surface area contributed by atoms with Crippen molar-refractivity contribution >= 4 is 39.1 Å². The van der Waals surface area contributed by atoms with Crippen LogP contribution in [0, 0.1) is 0 Å². The van der Waals surface area contributed by atoms with E-state index < -0.39 is 4.87 Å². The number of hydrogen-bond donors (Lipinski definition) is 0. The summed E-state index contributed by atoms with van der Waals surface area (Å²) in [6.45, 7) is 3.73. The predicted octanol–water partition coefficient (Wildman–Crippen LogP) is 3.52. The summed E-state index contributed by atoms with van der Waals surface area (Å²) in [7, 11) is 0. The highest BCUT2D eigenvalue weighted by molar-refractivity contribution is 9.11. The summed E-state index contributed by atoms with van der Waals surface area (Å²) < 4.78 is 0. The molecule has 0 aliphatic rings. The molecule has 0 nitrogen and oxygen atoms in total. The molecule has 0 amide bonds. The lowest BCUT2D eigenvalue weighted by atomic mass is 10.1. The Hall–Kier alpha value is 0.800. The molecule has 2 unspecified atom stereocenters. The van der Waals surface area contributed by atoms with E-state index in [0.29, 0.717) is 0 Å². The fourth-order valence-electron chi connectivity index (χ4n) is 0.256. The van der Waals surface area contributed by atoms with Gasteiger partial charge in [0.1, 0.15) is 0 Å². The molecule has 54 valence electrons. The minimum Gasteiger partial charge on any atom is -0.121 e. The molecular formula is C6H9BrCl2. The number of rotatable bonds is 2. The lowest BCUT2D eigenvalue weighted by molar-refractivity contribution is 0.752. The Morgan fingerprint density at radius 3 is 2.22 bits per heavy atom. The van der Waals surface area contributed by atoms with Gasteiger partial charge in [-0.05, 0) is 18.8 Å². The molecule has 0 aliphatic carbocycles. The van der Waals surface area contributed by atoms with Gasteiger partial charge in [0.15, 0.2) is 0 Å². The third kappa shape index (κ3) is 3.49. The Morgan fingerprint density at radius 2 is 2.11 bits per heavy atom. The molecule has 0 saturated carbocycles. The number of alkyl halides is 2. The summed E-state index contributed by atoms with van der Waals surface area (Å²) in [4.78, 5) is 1.28. The average molecular weight is 232 g/mol. The molecule has 0 bridgehead atoms. The summed E-state index contributed by atoms with van der Waals surface area (Å²) in [6.07, 6.45) is 1.81. The molecule has 0 aromatic rings. The lowest BCUT2D eigenvalue weighted by Crippen LogP contribution is -2.23. The molecule has 0 N–H and O–H groups in total. The highest BCUT2D eigenvalue weighted by Gasteiger charge is 2.22. The second kappa shape index (κ2) is 3.85. The van der Waals surface area contributed by atoms with E-state index in [4.69, 9.17) is 23.2 Å². The minimum atomic E-state index is -0.439. The molecule has 2 atom stereocenters. The fraction of sp³-hybridized carbons (Fsp3) is 0.667. The molecular weight excluding hydrogens is 223 g/mol. The molecule has 0 spiro atoms. The van der Waals surface area contributed by atoms with Gasteiger partial charge in [-0.1, -0.05) is 22.0 Å². The van der Waals surface area contributed by atoms with Crippen LogP contribution in [0.2, 0.25) is 0 Å². The van der Waals surface area contributed by atoms with E-state index in [2.05, 4.69) is 15.9 Å². The van der Waals surface area contributed by atoms with Crippen molar-refractivity contribution < 1.29 is 0 Å². The number of allylic oxidation sites excluding steroid dienone is 1. The summed E-state index contributed by atoms with van der Waals surface area (Å²) >= 11 is 14.8. The molecule has 9 heavy (non-hydrogen) atoms. The van der Waals surface area contributed by atoms with Crippen LogP contribution in [0.15, 0.2) is 11.1 Å². The van der Waals surface area contributed by atoms with Gasteiger partial charge in [-0.2, -0.15) is 0 Å². The monoisotopic (exact) mass is 230 g/mol. The van der Waals surface area contributed by atoms with E-state index in [0.717, 1.165) is 0 Å². The van der Waals surface area contributed by atoms with Crippen LogP contribution < -0.4 is 0 Å². The second-order valence-electron chi connectivity index (χ2n) is 2.06. The fourth-order valence-corrected chi connectivity index (χ4v) is 1.09. The van der Waals surface area contributed by atoms with Crippen molar-refractivity contribution in [3.8, 4) is 0 Å². The largest absolute Gasteiger partial charge is 0.121 e. The summed E-state index contributed by atoms with van der Waals surface area (Å²) in [5.41, 5.74) is 0. The maximum atomic E-state index is 5.92. The van der Waals surface area contributed by atoms with Crippen LogP contribution in [-0.4, -0.2) is 10.3 Å². The van der Waals surface area contributed by atoms with Gasteiger partial charge in [0.2, 0.25) is 0 Å². The van der Waals surface area contributed by atoms with Crippen molar-refractivity contribution in [3.63, 3.8) is 0 Å². The van der Waals surface area contributed by atoms with Crippen molar-refractivity contribution in [1.29, 1.82) is 0 Å². The van der Waals surface area contributed by atoms with Crippen LogP contribution in [0.4, 0.5) is 0 Å². The lowest BCUT2D eigenvalue weighted by Gasteiger charge is -2.19. The first-order chi connectivity index (χ1) is 4.00. The smallest absolute Gasteiger partial charge is 0.0766 e.